The average molecular weight is 695 g/mol. The van der Waals surface area contributed by atoms with Crippen molar-refractivity contribution in [2.75, 3.05) is 13.2 Å². The van der Waals surface area contributed by atoms with Gasteiger partial charge in [0.15, 0.2) is 12.2 Å². The summed E-state index contributed by atoms with van der Waals surface area (Å²) in [4.78, 5) is 65.0. The van der Waals surface area contributed by atoms with Crippen molar-refractivity contribution in [3.63, 3.8) is 0 Å². The van der Waals surface area contributed by atoms with Crippen LogP contribution >= 0.6 is 0 Å². The van der Waals surface area contributed by atoms with Crippen LogP contribution in [0, 0.1) is 5.92 Å². The van der Waals surface area contributed by atoms with E-state index in [1.807, 2.05) is 0 Å². The Labute approximate surface area is 295 Å². The fourth-order valence-corrected chi connectivity index (χ4v) is 5.75. The molecular weight excluding hydrogens is 656 g/mol. The van der Waals surface area contributed by atoms with Gasteiger partial charge in [0.25, 0.3) is 0 Å². The third-order valence-corrected chi connectivity index (χ3v) is 8.33. The Hall–Kier alpha value is -5.81. The Kier molecular flexibility index (Phi) is 13.1. The highest BCUT2D eigenvalue weighted by Crippen LogP contribution is 2.36. The molecule has 5 atom stereocenters. The molecule has 11 heteroatoms. The number of hydrogen-bond acceptors (Lipinski definition) is 10. The van der Waals surface area contributed by atoms with E-state index in [4.69, 9.17) is 28.8 Å². The molecule has 1 aliphatic carbocycles. The summed E-state index contributed by atoms with van der Waals surface area (Å²) in [6.45, 7) is -0.181. The number of esters is 4. The van der Waals surface area contributed by atoms with Crippen LogP contribution in [0.3, 0.4) is 0 Å². The topological polar surface area (TPSA) is 152 Å². The second-order valence-corrected chi connectivity index (χ2v) is 11.9. The minimum absolute atomic E-state index is 0.0554. The van der Waals surface area contributed by atoms with E-state index in [0.717, 1.165) is 0 Å². The molecule has 0 aromatic heterocycles. The van der Waals surface area contributed by atoms with E-state index < -0.39 is 60.2 Å². The minimum atomic E-state index is -1.42. The summed E-state index contributed by atoms with van der Waals surface area (Å²) in [5.74, 6) is -4.60. The Morgan fingerprint density at radius 3 is 1.39 bits per heavy atom. The lowest BCUT2D eigenvalue weighted by Gasteiger charge is -2.44. The first-order chi connectivity index (χ1) is 24.8. The molecule has 0 amide bonds. The summed E-state index contributed by atoms with van der Waals surface area (Å²) < 4.78 is 30.2. The van der Waals surface area contributed by atoms with Crippen LogP contribution in [0.15, 0.2) is 121 Å². The van der Waals surface area contributed by atoms with Gasteiger partial charge in [0.1, 0.15) is 6.10 Å². The number of carboxylic acid groups (broad SMARTS) is 1. The predicted molar refractivity (Wildman–Crippen MR) is 183 cm³/mol. The molecule has 0 radical (unpaired) electrons. The van der Waals surface area contributed by atoms with Crippen molar-refractivity contribution in [2.45, 2.75) is 50.1 Å². The lowest BCUT2D eigenvalue weighted by atomic mass is 9.80. The zero-order valence-electron chi connectivity index (χ0n) is 27.7. The molecule has 0 spiro atoms. The highest BCUT2D eigenvalue weighted by atomic mass is 16.6. The van der Waals surface area contributed by atoms with Crippen molar-refractivity contribution in [3.8, 4) is 0 Å². The van der Waals surface area contributed by atoms with E-state index in [1.54, 1.807) is 121 Å². The molecule has 1 saturated carbocycles. The van der Waals surface area contributed by atoms with Crippen molar-refractivity contribution < 1.29 is 52.8 Å². The van der Waals surface area contributed by atoms with Gasteiger partial charge in [0.2, 0.25) is 0 Å². The standard InChI is InChI=1S/C40H38O11/c41-33(42)23-13-14-24-47-32-25-31(26-48-37(43)27-15-5-1-6-16-27)34(49-38(44)28-17-7-2-8-18-28)36(51-40(46)30-21-11-4-12-22-30)35(32)50-39(45)29-19-9-3-10-20-29/h1-12,15-22,31-32,34-36H,13-14,23-26H2,(H,41,42). The van der Waals surface area contributed by atoms with Crippen LogP contribution in [0.25, 0.3) is 0 Å². The summed E-state index contributed by atoms with van der Waals surface area (Å²) in [6.07, 6.45) is -4.23. The second kappa shape index (κ2) is 18.3. The second-order valence-electron chi connectivity index (χ2n) is 11.9. The molecule has 51 heavy (non-hydrogen) atoms. The van der Waals surface area contributed by atoms with E-state index in [1.165, 1.54) is 0 Å². The van der Waals surface area contributed by atoms with Crippen molar-refractivity contribution in [1.29, 1.82) is 0 Å². The van der Waals surface area contributed by atoms with Gasteiger partial charge in [-0.15, -0.1) is 0 Å². The predicted octanol–water partition coefficient (Wildman–Crippen LogP) is 6.18. The van der Waals surface area contributed by atoms with E-state index in [2.05, 4.69) is 0 Å². The third-order valence-electron chi connectivity index (χ3n) is 8.33. The summed E-state index contributed by atoms with van der Waals surface area (Å²) in [6, 6.07) is 32.9. The number of hydrogen-bond donors (Lipinski definition) is 1. The van der Waals surface area contributed by atoms with E-state index in [0.29, 0.717) is 18.4 Å². The molecule has 4 aromatic rings. The highest BCUT2D eigenvalue weighted by molar-refractivity contribution is 5.91. The van der Waals surface area contributed by atoms with Crippen LogP contribution < -0.4 is 0 Å². The zero-order valence-corrected chi connectivity index (χ0v) is 27.7. The Morgan fingerprint density at radius 2 is 0.941 bits per heavy atom. The summed E-state index contributed by atoms with van der Waals surface area (Å²) in [5, 5.41) is 9.10. The number of benzene rings is 4. The zero-order chi connectivity index (χ0) is 36.0. The van der Waals surface area contributed by atoms with Crippen molar-refractivity contribution in [3.05, 3.63) is 144 Å². The largest absolute Gasteiger partial charge is 0.481 e. The van der Waals surface area contributed by atoms with E-state index in [-0.39, 0.29) is 42.7 Å². The van der Waals surface area contributed by atoms with Gasteiger partial charge >= 0.3 is 29.8 Å². The normalized spacial score (nSPS) is 19.6. The third kappa shape index (κ3) is 10.3. The average Bonchev–Trinajstić information content (AvgIpc) is 3.16. The van der Waals surface area contributed by atoms with Gasteiger partial charge in [-0.3, -0.25) is 4.79 Å². The molecular formula is C40H38O11. The van der Waals surface area contributed by atoms with Gasteiger partial charge in [-0.1, -0.05) is 72.8 Å². The Morgan fingerprint density at radius 1 is 0.529 bits per heavy atom. The number of carbonyl (C=O) groups excluding carboxylic acids is 4. The molecule has 264 valence electrons. The first-order valence-corrected chi connectivity index (χ1v) is 16.6. The van der Waals surface area contributed by atoms with E-state index >= 15 is 0 Å². The number of ether oxygens (including phenoxy) is 5. The van der Waals surface area contributed by atoms with Crippen LogP contribution in [0.2, 0.25) is 0 Å². The SMILES string of the molecule is O=C(O)CCCCOC1CC(COC(=O)c2ccccc2)C(OC(=O)c2ccccc2)C(OC(=O)c2ccccc2)C1OC(=O)c1ccccc1. The Balaban J connectivity index is 1.52. The van der Waals surface area contributed by atoms with Gasteiger partial charge < -0.3 is 28.8 Å². The van der Waals surface area contributed by atoms with Gasteiger partial charge in [0.05, 0.1) is 35.0 Å². The molecule has 5 unspecified atom stereocenters. The number of aliphatic carboxylic acids is 1. The first kappa shape index (κ1) is 36.5. The smallest absolute Gasteiger partial charge is 0.338 e. The molecule has 0 bridgehead atoms. The molecule has 1 aliphatic rings. The van der Waals surface area contributed by atoms with E-state index in [9.17, 15) is 24.0 Å². The summed E-state index contributed by atoms with van der Waals surface area (Å²) >= 11 is 0. The molecule has 0 aliphatic heterocycles. The van der Waals surface area contributed by atoms with Gasteiger partial charge in [-0.2, -0.15) is 0 Å². The molecule has 11 nitrogen and oxygen atoms in total. The maximum atomic E-state index is 13.7. The fraction of sp³-hybridized carbons (Fsp3) is 0.275. The highest BCUT2D eigenvalue weighted by Gasteiger charge is 2.52. The maximum absolute atomic E-state index is 13.7. The maximum Gasteiger partial charge on any atom is 0.338 e. The molecule has 0 heterocycles. The fourth-order valence-electron chi connectivity index (χ4n) is 5.75. The number of carboxylic acids is 1. The van der Waals surface area contributed by atoms with Crippen molar-refractivity contribution >= 4 is 29.8 Å². The van der Waals surface area contributed by atoms with Crippen molar-refractivity contribution in [2.24, 2.45) is 5.92 Å². The Bertz CT molecular complexity index is 1750. The van der Waals surface area contributed by atoms with Crippen LogP contribution in [0.1, 0.15) is 67.1 Å². The number of rotatable bonds is 15. The van der Waals surface area contributed by atoms with Crippen LogP contribution in [-0.2, 0) is 28.5 Å². The monoisotopic (exact) mass is 694 g/mol. The molecule has 1 N–H and O–H groups in total. The lowest BCUT2D eigenvalue weighted by molar-refractivity contribution is -0.182. The molecule has 4 aromatic carbocycles. The van der Waals surface area contributed by atoms with Crippen LogP contribution in [0.4, 0.5) is 0 Å². The van der Waals surface area contributed by atoms with Gasteiger partial charge in [-0.05, 0) is 67.8 Å². The summed E-state index contributed by atoms with van der Waals surface area (Å²) in [7, 11) is 0. The molecule has 1 fully saturated rings. The molecule has 0 saturated heterocycles. The van der Waals surface area contributed by atoms with Gasteiger partial charge in [-0.25, -0.2) is 19.2 Å². The quantitative estimate of drug-likeness (QED) is 0.0863. The first-order valence-electron chi connectivity index (χ1n) is 16.6. The van der Waals surface area contributed by atoms with Crippen LogP contribution in [-0.4, -0.2) is 72.6 Å². The number of carbonyl (C=O) groups is 5. The molecule has 5 rings (SSSR count). The number of unbranched alkanes of at least 4 members (excludes halogenated alkanes) is 1. The van der Waals surface area contributed by atoms with Gasteiger partial charge in [0, 0.05) is 18.9 Å². The minimum Gasteiger partial charge on any atom is -0.481 e. The van der Waals surface area contributed by atoms with Crippen LogP contribution in [0.5, 0.6) is 0 Å². The van der Waals surface area contributed by atoms with Crippen molar-refractivity contribution in [1.82, 2.24) is 0 Å². The lowest BCUT2D eigenvalue weighted by Crippen LogP contribution is -2.59. The summed E-state index contributed by atoms with van der Waals surface area (Å²) in [5.41, 5.74) is 0.949.